The minimum Gasteiger partial charge on any atom is -0.322 e. The van der Waals surface area contributed by atoms with E-state index in [2.05, 4.69) is 43.8 Å². The highest BCUT2D eigenvalue weighted by Gasteiger charge is 2.11. The molecule has 0 fully saturated rings. The maximum absolute atomic E-state index is 13.2. The van der Waals surface area contributed by atoms with Crippen LogP contribution in [0.15, 0.2) is 40.9 Å². The first kappa shape index (κ1) is 14.5. The second-order valence-corrected chi connectivity index (χ2v) is 6.06. The predicted molar refractivity (Wildman–Crippen MR) is 85.9 cm³/mol. The van der Waals surface area contributed by atoms with Crippen molar-refractivity contribution in [3.8, 4) is 0 Å². The van der Waals surface area contributed by atoms with E-state index in [0.717, 1.165) is 9.13 Å². The lowest BCUT2D eigenvalue weighted by molar-refractivity contribution is 0.102. The number of halogens is 3. The molecule has 5 heteroatoms. The van der Waals surface area contributed by atoms with E-state index in [1.807, 2.05) is 25.1 Å². The number of nitrogens with one attached hydrogen (secondary N) is 1. The molecule has 0 aliphatic carbocycles. The lowest BCUT2D eigenvalue weighted by atomic mass is 10.2. The molecule has 0 aliphatic heterocycles. The number of benzene rings is 2. The number of aryl methyl sites for hydroxylation is 1. The van der Waals surface area contributed by atoms with Crippen molar-refractivity contribution in [1.29, 1.82) is 0 Å². The van der Waals surface area contributed by atoms with E-state index in [-0.39, 0.29) is 11.5 Å². The second-order valence-electron chi connectivity index (χ2n) is 4.04. The Kier molecular flexibility index (Phi) is 4.57. The first-order valence-electron chi connectivity index (χ1n) is 5.50. The number of rotatable bonds is 2. The van der Waals surface area contributed by atoms with Gasteiger partial charge in [0, 0.05) is 13.7 Å². The second kappa shape index (κ2) is 6.00. The maximum atomic E-state index is 13.2. The minimum absolute atomic E-state index is 0.274. The number of hydrogen-bond donors (Lipinski definition) is 1. The van der Waals surface area contributed by atoms with Crippen LogP contribution in [0.1, 0.15) is 15.9 Å². The molecule has 2 rings (SSSR count). The lowest BCUT2D eigenvalue weighted by Crippen LogP contribution is -2.13. The van der Waals surface area contributed by atoms with Crippen LogP contribution in [0.5, 0.6) is 0 Å². The van der Waals surface area contributed by atoms with Gasteiger partial charge in [-0.3, -0.25) is 4.79 Å². The van der Waals surface area contributed by atoms with Gasteiger partial charge < -0.3 is 5.32 Å². The Morgan fingerprint density at radius 2 is 2.00 bits per heavy atom. The fourth-order valence-electron chi connectivity index (χ4n) is 1.54. The average Bonchev–Trinajstić information content (AvgIpc) is 2.36. The molecule has 0 saturated carbocycles. The van der Waals surface area contributed by atoms with Crippen molar-refractivity contribution in [2.45, 2.75) is 6.92 Å². The van der Waals surface area contributed by atoms with Crippen molar-refractivity contribution in [3.63, 3.8) is 0 Å². The van der Waals surface area contributed by atoms with Crippen molar-refractivity contribution in [3.05, 3.63) is 61.4 Å². The lowest BCUT2D eigenvalue weighted by Gasteiger charge is -2.08. The Balaban J connectivity index is 2.25. The van der Waals surface area contributed by atoms with Crippen molar-refractivity contribution >= 4 is 50.1 Å². The molecule has 0 spiro atoms. The third kappa shape index (κ3) is 3.54. The van der Waals surface area contributed by atoms with E-state index in [1.54, 1.807) is 0 Å². The van der Waals surface area contributed by atoms with Crippen molar-refractivity contribution in [2.24, 2.45) is 0 Å². The molecule has 1 N–H and O–H groups in total. The van der Waals surface area contributed by atoms with E-state index in [4.69, 9.17) is 0 Å². The van der Waals surface area contributed by atoms with Gasteiger partial charge in [-0.1, -0.05) is 6.07 Å². The molecule has 2 aromatic rings. The van der Waals surface area contributed by atoms with Crippen molar-refractivity contribution < 1.29 is 9.18 Å². The average molecular weight is 434 g/mol. The zero-order chi connectivity index (χ0) is 14.0. The molecule has 0 saturated heterocycles. The standard InChI is InChI=1S/C14H10BrFINO/c1-8-2-4-10(7-13(8)17)18-14(19)11-6-9(16)3-5-12(11)15/h2-7H,1H3,(H,18,19). The predicted octanol–water partition coefficient (Wildman–Crippen LogP) is 4.75. The van der Waals surface area contributed by atoms with E-state index in [1.165, 1.54) is 18.2 Å². The molecule has 0 bridgehead atoms. The molecular weight excluding hydrogens is 424 g/mol. The summed E-state index contributed by atoms with van der Waals surface area (Å²) in [4.78, 5) is 12.1. The summed E-state index contributed by atoms with van der Waals surface area (Å²) in [5.74, 6) is -0.780. The Labute approximate surface area is 132 Å². The van der Waals surface area contributed by atoms with Gasteiger partial charge in [-0.15, -0.1) is 0 Å². The van der Waals surface area contributed by atoms with Gasteiger partial charge in [-0.2, -0.15) is 0 Å². The molecule has 0 atom stereocenters. The highest BCUT2D eigenvalue weighted by atomic mass is 127. The van der Waals surface area contributed by atoms with Crippen LogP contribution in [0.4, 0.5) is 10.1 Å². The summed E-state index contributed by atoms with van der Waals surface area (Å²) in [5, 5.41) is 2.75. The van der Waals surface area contributed by atoms with Gasteiger partial charge in [0.2, 0.25) is 0 Å². The topological polar surface area (TPSA) is 29.1 Å². The molecule has 2 nitrogen and oxygen atoms in total. The van der Waals surface area contributed by atoms with Crippen LogP contribution >= 0.6 is 38.5 Å². The molecule has 2 aromatic carbocycles. The number of anilines is 1. The van der Waals surface area contributed by atoms with Crippen LogP contribution in [0.2, 0.25) is 0 Å². The van der Waals surface area contributed by atoms with Gasteiger partial charge in [0.1, 0.15) is 5.82 Å². The summed E-state index contributed by atoms with van der Waals surface area (Å²) in [6, 6.07) is 9.65. The van der Waals surface area contributed by atoms with E-state index in [9.17, 15) is 9.18 Å². The van der Waals surface area contributed by atoms with Gasteiger partial charge >= 0.3 is 0 Å². The summed E-state index contributed by atoms with van der Waals surface area (Å²) in [6.07, 6.45) is 0. The monoisotopic (exact) mass is 433 g/mol. The number of hydrogen-bond acceptors (Lipinski definition) is 1. The highest BCUT2D eigenvalue weighted by Crippen LogP contribution is 2.21. The Morgan fingerprint density at radius 3 is 2.68 bits per heavy atom. The van der Waals surface area contributed by atoms with E-state index in [0.29, 0.717) is 10.2 Å². The Hall–Kier alpha value is -0.950. The van der Waals surface area contributed by atoms with Crippen LogP contribution in [-0.4, -0.2) is 5.91 Å². The van der Waals surface area contributed by atoms with Gasteiger partial charge in [0.15, 0.2) is 0 Å². The molecule has 19 heavy (non-hydrogen) atoms. The normalized spacial score (nSPS) is 10.3. The zero-order valence-electron chi connectivity index (χ0n) is 10.0. The van der Waals surface area contributed by atoms with Gasteiger partial charge in [0.05, 0.1) is 5.56 Å². The largest absolute Gasteiger partial charge is 0.322 e. The van der Waals surface area contributed by atoms with Gasteiger partial charge in [0.25, 0.3) is 5.91 Å². The highest BCUT2D eigenvalue weighted by molar-refractivity contribution is 14.1. The van der Waals surface area contributed by atoms with Gasteiger partial charge in [-0.05, 0) is 81.3 Å². The van der Waals surface area contributed by atoms with Crippen LogP contribution in [0.3, 0.4) is 0 Å². The van der Waals surface area contributed by atoms with Crippen LogP contribution in [-0.2, 0) is 0 Å². The van der Waals surface area contributed by atoms with Crippen molar-refractivity contribution in [1.82, 2.24) is 0 Å². The summed E-state index contributed by atoms with van der Waals surface area (Å²) < 4.78 is 14.8. The maximum Gasteiger partial charge on any atom is 0.256 e. The number of carbonyl (C=O) groups excluding carboxylic acids is 1. The number of carbonyl (C=O) groups is 1. The van der Waals surface area contributed by atoms with E-state index >= 15 is 0 Å². The zero-order valence-corrected chi connectivity index (χ0v) is 13.7. The Bertz CT molecular complexity index is 645. The third-order valence-electron chi connectivity index (χ3n) is 2.60. The molecule has 0 aliphatic rings. The van der Waals surface area contributed by atoms with Gasteiger partial charge in [-0.25, -0.2) is 4.39 Å². The summed E-state index contributed by atoms with van der Waals surface area (Å²) in [7, 11) is 0. The quantitative estimate of drug-likeness (QED) is 0.680. The molecule has 0 aromatic heterocycles. The molecule has 0 heterocycles. The molecular formula is C14H10BrFINO. The third-order valence-corrected chi connectivity index (χ3v) is 4.46. The minimum atomic E-state index is -0.438. The fourth-order valence-corrected chi connectivity index (χ4v) is 2.48. The first-order valence-corrected chi connectivity index (χ1v) is 7.37. The van der Waals surface area contributed by atoms with Crippen LogP contribution in [0.25, 0.3) is 0 Å². The molecule has 1 amide bonds. The van der Waals surface area contributed by atoms with E-state index < -0.39 is 5.82 Å². The molecule has 0 radical (unpaired) electrons. The SMILES string of the molecule is Cc1ccc(NC(=O)c2cc(F)ccc2Br)cc1I. The smallest absolute Gasteiger partial charge is 0.256 e. The van der Waals surface area contributed by atoms with Crippen LogP contribution in [0, 0.1) is 16.3 Å². The van der Waals surface area contributed by atoms with Crippen molar-refractivity contribution in [2.75, 3.05) is 5.32 Å². The number of amides is 1. The fraction of sp³-hybridized carbons (Fsp3) is 0.0714. The summed E-state index contributed by atoms with van der Waals surface area (Å²) in [5.41, 5.74) is 2.11. The first-order chi connectivity index (χ1) is 8.97. The Morgan fingerprint density at radius 1 is 1.26 bits per heavy atom. The molecule has 0 unspecified atom stereocenters. The van der Waals surface area contributed by atoms with Crippen LogP contribution < -0.4 is 5.32 Å². The summed E-state index contributed by atoms with van der Waals surface area (Å²) >= 11 is 5.44. The molecule has 98 valence electrons. The summed E-state index contributed by atoms with van der Waals surface area (Å²) in [6.45, 7) is 2.00.